The van der Waals surface area contributed by atoms with Crippen molar-refractivity contribution in [2.75, 3.05) is 20.2 Å². The highest BCUT2D eigenvalue weighted by Gasteiger charge is 2.45. The van der Waals surface area contributed by atoms with Gasteiger partial charge in [-0.1, -0.05) is 0 Å². The number of methoxy groups -OCH3 is 1. The molecule has 0 spiro atoms. The van der Waals surface area contributed by atoms with Crippen LogP contribution in [0.15, 0.2) is 23.1 Å². The van der Waals surface area contributed by atoms with Gasteiger partial charge in [-0.15, -0.1) is 0 Å². The van der Waals surface area contributed by atoms with Gasteiger partial charge in [0.2, 0.25) is 10.0 Å². The van der Waals surface area contributed by atoms with Crippen LogP contribution >= 0.6 is 0 Å². The van der Waals surface area contributed by atoms with Gasteiger partial charge in [-0.05, 0) is 52.8 Å². The zero-order valence-electron chi connectivity index (χ0n) is 17.7. The van der Waals surface area contributed by atoms with Crippen molar-refractivity contribution in [1.29, 1.82) is 0 Å². The summed E-state index contributed by atoms with van der Waals surface area (Å²) in [7, 11) is -2.41. The van der Waals surface area contributed by atoms with Crippen LogP contribution in [-0.4, -0.2) is 57.5 Å². The number of nitrogens with one attached hydrogen (secondary N) is 3. The van der Waals surface area contributed by atoms with Gasteiger partial charge >= 0.3 is 6.03 Å². The van der Waals surface area contributed by atoms with Crippen LogP contribution < -0.4 is 20.1 Å². The zero-order chi connectivity index (χ0) is 22.0. The van der Waals surface area contributed by atoms with Gasteiger partial charge in [0.05, 0.1) is 12.0 Å². The summed E-state index contributed by atoms with van der Waals surface area (Å²) in [6, 6.07) is 4.17. The van der Waals surface area contributed by atoms with E-state index < -0.39 is 27.5 Å². The Labute approximate surface area is 172 Å². The van der Waals surface area contributed by atoms with Crippen molar-refractivity contribution in [2.45, 2.75) is 57.1 Å². The van der Waals surface area contributed by atoms with Crippen LogP contribution in [0, 0.1) is 0 Å². The Morgan fingerprint density at radius 2 is 1.79 bits per heavy atom. The van der Waals surface area contributed by atoms with Gasteiger partial charge in [-0.2, -0.15) is 0 Å². The standard InChI is InChI=1S/C19H30N4O5S/c1-12(2)23(13(3)4)10-9-20-29(26,27)14-7-8-16(28-6)15(11-14)19(5)17(24)21-18(25)22-19/h7-8,11-13,20H,9-10H2,1-6H3,(H2,21,22,24,25). The maximum absolute atomic E-state index is 12.8. The molecule has 1 atom stereocenters. The molecule has 3 amide bonds. The number of rotatable bonds is 9. The molecule has 3 N–H and O–H groups in total. The molecule has 1 fully saturated rings. The van der Waals surface area contributed by atoms with Crippen molar-refractivity contribution in [2.24, 2.45) is 0 Å². The lowest BCUT2D eigenvalue weighted by Gasteiger charge is -2.30. The number of carbonyl (C=O) groups excluding carboxylic acids is 2. The molecule has 1 aromatic carbocycles. The van der Waals surface area contributed by atoms with Gasteiger partial charge in [0.1, 0.15) is 11.3 Å². The Morgan fingerprint density at radius 3 is 2.28 bits per heavy atom. The van der Waals surface area contributed by atoms with Crippen LogP contribution in [0.5, 0.6) is 5.75 Å². The van der Waals surface area contributed by atoms with E-state index in [4.69, 9.17) is 4.74 Å². The number of hydrogen-bond acceptors (Lipinski definition) is 6. The van der Waals surface area contributed by atoms with Crippen molar-refractivity contribution in [1.82, 2.24) is 20.3 Å². The second-order valence-corrected chi connectivity index (χ2v) is 9.49. The van der Waals surface area contributed by atoms with Gasteiger partial charge < -0.3 is 10.1 Å². The number of ether oxygens (including phenoxy) is 1. The SMILES string of the molecule is COc1ccc(S(=O)(=O)NCCN(C(C)C)C(C)C)cc1C1(C)NC(=O)NC1=O. The molecule has 0 bridgehead atoms. The molecule has 1 unspecified atom stereocenters. The van der Waals surface area contributed by atoms with E-state index in [1.54, 1.807) is 0 Å². The Morgan fingerprint density at radius 1 is 1.17 bits per heavy atom. The Kier molecular flexibility index (Phi) is 6.92. The first-order chi connectivity index (χ1) is 13.4. The molecule has 1 aliphatic rings. The van der Waals surface area contributed by atoms with Crippen LogP contribution in [0.4, 0.5) is 4.79 Å². The molecule has 9 nitrogen and oxygen atoms in total. The quantitative estimate of drug-likeness (QED) is 0.510. The highest BCUT2D eigenvalue weighted by atomic mass is 32.2. The molecule has 1 saturated heterocycles. The largest absolute Gasteiger partial charge is 0.496 e. The van der Waals surface area contributed by atoms with Gasteiger partial charge in [0.15, 0.2) is 0 Å². The third kappa shape index (κ3) is 4.88. The summed E-state index contributed by atoms with van der Waals surface area (Å²) in [5.41, 5.74) is -1.17. The van der Waals surface area contributed by atoms with Gasteiger partial charge in [0.25, 0.3) is 5.91 Å². The summed E-state index contributed by atoms with van der Waals surface area (Å²) in [5, 5.41) is 4.70. The number of hydrogen-bond donors (Lipinski definition) is 3. The maximum Gasteiger partial charge on any atom is 0.322 e. The average Bonchev–Trinajstić information content (AvgIpc) is 2.90. The van der Waals surface area contributed by atoms with Crippen molar-refractivity contribution < 1.29 is 22.7 Å². The molecule has 0 aliphatic carbocycles. The third-order valence-electron chi connectivity index (χ3n) is 5.05. The van der Waals surface area contributed by atoms with Gasteiger partial charge in [-0.3, -0.25) is 15.0 Å². The van der Waals surface area contributed by atoms with E-state index in [9.17, 15) is 18.0 Å². The van der Waals surface area contributed by atoms with Crippen LogP contribution in [0.1, 0.15) is 40.2 Å². The third-order valence-corrected chi connectivity index (χ3v) is 6.51. The van der Waals surface area contributed by atoms with Gasteiger partial charge in [-0.25, -0.2) is 17.9 Å². The fourth-order valence-electron chi connectivity index (χ4n) is 3.48. The van der Waals surface area contributed by atoms with E-state index in [2.05, 4.69) is 48.0 Å². The predicted molar refractivity (Wildman–Crippen MR) is 109 cm³/mol. The molecule has 1 aliphatic heterocycles. The maximum atomic E-state index is 12.8. The summed E-state index contributed by atoms with van der Waals surface area (Å²) < 4.78 is 33.5. The summed E-state index contributed by atoms with van der Waals surface area (Å²) in [4.78, 5) is 26.1. The number of urea groups is 1. The summed E-state index contributed by atoms with van der Waals surface area (Å²) in [6.07, 6.45) is 0. The Hall–Kier alpha value is -2.17. The van der Waals surface area contributed by atoms with E-state index in [0.29, 0.717) is 12.3 Å². The Balaban J connectivity index is 2.28. The normalized spacial score (nSPS) is 19.8. The predicted octanol–water partition coefficient (Wildman–Crippen LogP) is 1.15. The summed E-state index contributed by atoms with van der Waals surface area (Å²) in [5.74, 6) is -0.276. The highest BCUT2D eigenvalue weighted by molar-refractivity contribution is 7.89. The highest BCUT2D eigenvalue weighted by Crippen LogP contribution is 2.34. The lowest BCUT2D eigenvalue weighted by Crippen LogP contribution is -2.42. The van der Waals surface area contributed by atoms with E-state index >= 15 is 0 Å². The smallest absolute Gasteiger partial charge is 0.322 e. The van der Waals surface area contributed by atoms with E-state index in [1.165, 1.54) is 32.2 Å². The Bertz CT molecular complexity index is 877. The molecule has 10 heteroatoms. The zero-order valence-corrected chi connectivity index (χ0v) is 18.5. The summed E-state index contributed by atoms with van der Waals surface area (Å²) in [6.45, 7) is 10.6. The topological polar surface area (TPSA) is 117 Å². The first-order valence-electron chi connectivity index (χ1n) is 9.50. The second kappa shape index (κ2) is 8.68. The molecular weight excluding hydrogens is 396 g/mol. The molecule has 2 rings (SSSR count). The molecule has 1 aromatic rings. The van der Waals surface area contributed by atoms with Crippen molar-refractivity contribution in [3.63, 3.8) is 0 Å². The van der Waals surface area contributed by atoms with Crippen LogP contribution in [-0.2, 0) is 20.4 Å². The number of carbonyl (C=O) groups is 2. The molecule has 0 saturated carbocycles. The minimum absolute atomic E-state index is 0.0101. The second-order valence-electron chi connectivity index (χ2n) is 7.72. The first kappa shape index (κ1) is 23.1. The minimum atomic E-state index is -3.82. The molecular formula is C19H30N4O5S. The van der Waals surface area contributed by atoms with E-state index in [1.807, 2.05) is 0 Å². The fourth-order valence-corrected chi connectivity index (χ4v) is 4.53. The van der Waals surface area contributed by atoms with E-state index in [-0.39, 0.29) is 29.1 Å². The molecule has 0 aromatic heterocycles. The van der Waals surface area contributed by atoms with Crippen LogP contribution in [0.3, 0.4) is 0 Å². The number of nitrogens with zero attached hydrogens (tertiary/aromatic N) is 1. The molecule has 29 heavy (non-hydrogen) atoms. The lowest BCUT2D eigenvalue weighted by molar-refractivity contribution is -0.123. The monoisotopic (exact) mass is 426 g/mol. The average molecular weight is 427 g/mol. The molecule has 1 heterocycles. The van der Waals surface area contributed by atoms with Gasteiger partial charge in [0, 0.05) is 30.7 Å². The summed E-state index contributed by atoms with van der Waals surface area (Å²) >= 11 is 0. The van der Waals surface area contributed by atoms with Crippen LogP contribution in [0.25, 0.3) is 0 Å². The lowest BCUT2D eigenvalue weighted by atomic mass is 9.91. The number of amides is 3. The van der Waals surface area contributed by atoms with Crippen LogP contribution in [0.2, 0.25) is 0 Å². The van der Waals surface area contributed by atoms with E-state index in [0.717, 1.165) is 0 Å². The van der Waals surface area contributed by atoms with Crippen molar-refractivity contribution in [3.8, 4) is 5.75 Å². The fraction of sp³-hybridized carbons (Fsp3) is 0.579. The number of sulfonamides is 1. The van der Waals surface area contributed by atoms with Crippen molar-refractivity contribution in [3.05, 3.63) is 23.8 Å². The molecule has 0 radical (unpaired) electrons. The van der Waals surface area contributed by atoms with Crippen molar-refractivity contribution >= 4 is 22.0 Å². The first-order valence-corrected chi connectivity index (χ1v) is 11.0. The number of benzene rings is 1. The minimum Gasteiger partial charge on any atom is -0.496 e. The molecule has 162 valence electrons. The number of imide groups is 1.